The first kappa shape index (κ1) is 16.6. The van der Waals surface area contributed by atoms with E-state index in [2.05, 4.69) is 31.2 Å². The van der Waals surface area contributed by atoms with Crippen LogP contribution < -0.4 is 4.74 Å². The maximum Gasteiger partial charge on any atom is 0.269 e. The number of aromatic nitrogens is 4. The predicted molar refractivity (Wildman–Crippen MR) is 99.2 cm³/mol. The number of fused-ring (bicyclic) bond motifs is 1. The van der Waals surface area contributed by atoms with Crippen LogP contribution >= 0.6 is 27.3 Å². The van der Waals surface area contributed by atoms with E-state index < -0.39 is 4.92 Å². The van der Waals surface area contributed by atoms with Crippen molar-refractivity contribution in [2.24, 2.45) is 0 Å². The van der Waals surface area contributed by atoms with Gasteiger partial charge in [0.2, 0.25) is 4.96 Å². The number of ether oxygens (including phenoxy) is 1. The van der Waals surface area contributed by atoms with Crippen LogP contribution in [0.3, 0.4) is 0 Å². The van der Waals surface area contributed by atoms with Crippen molar-refractivity contribution in [3.05, 3.63) is 68.1 Å². The zero-order chi connectivity index (χ0) is 18.1. The largest absolute Gasteiger partial charge is 0.486 e. The van der Waals surface area contributed by atoms with Crippen LogP contribution in [0.25, 0.3) is 16.3 Å². The van der Waals surface area contributed by atoms with Crippen LogP contribution in [0.15, 0.2) is 53.0 Å². The zero-order valence-corrected chi connectivity index (χ0v) is 15.5. The molecule has 0 radical (unpaired) electrons. The molecule has 8 nitrogen and oxygen atoms in total. The third kappa shape index (κ3) is 3.28. The Hall–Kier alpha value is -2.85. The van der Waals surface area contributed by atoms with E-state index in [1.54, 1.807) is 16.6 Å². The predicted octanol–water partition coefficient (Wildman–Crippen LogP) is 4.10. The highest BCUT2D eigenvalue weighted by atomic mass is 79.9. The molecule has 0 aliphatic carbocycles. The molecule has 2 aromatic heterocycles. The van der Waals surface area contributed by atoms with E-state index in [-0.39, 0.29) is 12.3 Å². The summed E-state index contributed by atoms with van der Waals surface area (Å²) >= 11 is 4.79. The van der Waals surface area contributed by atoms with Crippen LogP contribution in [-0.2, 0) is 6.61 Å². The van der Waals surface area contributed by atoms with Crippen LogP contribution in [0, 0.1) is 10.1 Å². The summed E-state index contributed by atoms with van der Waals surface area (Å²) in [6.45, 7) is 0.242. The van der Waals surface area contributed by atoms with E-state index in [0.29, 0.717) is 16.5 Å². The van der Waals surface area contributed by atoms with Gasteiger partial charge in [0.25, 0.3) is 5.69 Å². The number of nitro groups is 1. The van der Waals surface area contributed by atoms with Crippen LogP contribution in [0.2, 0.25) is 0 Å². The number of rotatable bonds is 5. The van der Waals surface area contributed by atoms with Gasteiger partial charge in [-0.2, -0.15) is 9.61 Å². The van der Waals surface area contributed by atoms with E-state index in [4.69, 9.17) is 4.74 Å². The van der Waals surface area contributed by atoms with Crippen molar-refractivity contribution in [1.29, 1.82) is 0 Å². The highest BCUT2D eigenvalue weighted by Gasteiger charge is 2.14. The Balaban J connectivity index is 1.53. The Labute approximate surface area is 159 Å². The third-order valence-electron chi connectivity index (χ3n) is 3.54. The number of hydrogen-bond acceptors (Lipinski definition) is 7. The van der Waals surface area contributed by atoms with Crippen LogP contribution in [0.4, 0.5) is 5.69 Å². The number of benzene rings is 2. The fourth-order valence-electron chi connectivity index (χ4n) is 2.30. The van der Waals surface area contributed by atoms with Crippen molar-refractivity contribution in [3.8, 4) is 17.1 Å². The van der Waals surface area contributed by atoms with E-state index in [1.807, 2.05) is 24.3 Å². The molecule has 4 rings (SSSR count). The van der Waals surface area contributed by atoms with Gasteiger partial charge in [-0.25, -0.2) is 0 Å². The summed E-state index contributed by atoms with van der Waals surface area (Å²) in [5.74, 6) is 1.19. The summed E-state index contributed by atoms with van der Waals surface area (Å²) in [7, 11) is 0. The zero-order valence-electron chi connectivity index (χ0n) is 13.1. The van der Waals surface area contributed by atoms with E-state index >= 15 is 0 Å². The summed E-state index contributed by atoms with van der Waals surface area (Å²) in [5, 5.41) is 24.2. The van der Waals surface area contributed by atoms with Crippen molar-refractivity contribution in [3.63, 3.8) is 0 Å². The minimum absolute atomic E-state index is 0.0234. The topological polar surface area (TPSA) is 95.5 Å². The molecule has 0 aliphatic heterocycles. The molecule has 0 atom stereocenters. The van der Waals surface area contributed by atoms with Gasteiger partial charge in [-0.1, -0.05) is 39.4 Å². The second-order valence-corrected chi connectivity index (χ2v) is 7.22. The molecule has 2 heterocycles. The Morgan fingerprint density at radius 1 is 1.12 bits per heavy atom. The van der Waals surface area contributed by atoms with Gasteiger partial charge < -0.3 is 4.74 Å². The molecular weight excluding hydrogens is 422 g/mol. The SMILES string of the molecule is O=[N+]([O-])c1ccc(OCc2nn3c(-c4ccc(Br)cc4)nnc3s2)cc1. The first-order valence-electron chi connectivity index (χ1n) is 7.44. The standard InChI is InChI=1S/C16H10BrN5O3S/c17-11-3-1-10(2-4-11)15-18-19-16-21(15)20-14(26-16)9-25-13-7-5-12(6-8-13)22(23)24/h1-8H,9H2. The Kier molecular flexibility index (Phi) is 4.35. The van der Waals surface area contributed by atoms with Gasteiger partial charge in [0.15, 0.2) is 10.8 Å². The van der Waals surface area contributed by atoms with E-state index in [9.17, 15) is 10.1 Å². The lowest BCUT2D eigenvalue weighted by atomic mass is 10.2. The molecule has 0 amide bonds. The van der Waals surface area contributed by atoms with E-state index in [0.717, 1.165) is 15.0 Å². The van der Waals surface area contributed by atoms with Crippen LogP contribution in [0.5, 0.6) is 5.75 Å². The summed E-state index contributed by atoms with van der Waals surface area (Å²) in [4.78, 5) is 10.9. The molecule has 0 saturated heterocycles. The first-order chi connectivity index (χ1) is 12.6. The molecule has 130 valence electrons. The Bertz CT molecular complexity index is 1080. The quantitative estimate of drug-likeness (QED) is 0.348. The maximum atomic E-state index is 10.7. The van der Waals surface area contributed by atoms with Gasteiger partial charge in [-0.05, 0) is 24.3 Å². The average molecular weight is 432 g/mol. The summed E-state index contributed by atoms with van der Waals surface area (Å²) < 4.78 is 8.31. The lowest BCUT2D eigenvalue weighted by molar-refractivity contribution is -0.384. The molecule has 0 fully saturated rings. The van der Waals surface area contributed by atoms with Crippen molar-refractivity contribution in [2.45, 2.75) is 6.61 Å². The molecule has 0 saturated carbocycles. The first-order valence-corrected chi connectivity index (χ1v) is 9.05. The summed E-state index contributed by atoms with van der Waals surface area (Å²) in [5.41, 5.74) is 0.934. The smallest absolute Gasteiger partial charge is 0.269 e. The molecular formula is C16H10BrN5O3S. The number of nitro benzene ring substituents is 1. The summed E-state index contributed by atoms with van der Waals surface area (Å²) in [6.07, 6.45) is 0. The Morgan fingerprint density at radius 3 is 2.54 bits per heavy atom. The average Bonchev–Trinajstić information content (AvgIpc) is 3.21. The molecule has 2 aromatic carbocycles. The molecule has 0 aliphatic rings. The highest BCUT2D eigenvalue weighted by molar-refractivity contribution is 9.10. The summed E-state index contributed by atoms with van der Waals surface area (Å²) in [6, 6.07) is 13.7. The van der Waals surface area contributed by atoms with Gasteiger partial charge in [-0.15, -0.1) is 10.2 Å². The van der Waals surface area contributed by atoms with Crippen molar-refractivity contribution < 1.29 is 9.66 Å². The lowest BCUT2D eigenvalue weighted by Gasteiger charge is -2.02. The van der Waals surface area contributed by atoms with E-state index in [1.165, 1.54) is 23.5 Å². The molecule has 10 heteroatoms. The fraction of sp³-hybridized carbons (Fsp3) is 0.0625. The molecule has 26 heavy (non-hydrogen) atoms. The molecule has 0 spiro atoms. The van der Waals surface area contributed by atoms with Crippen molar-refractivity contribution in [2.75, 3.05) is 0 Å². The number of nitrogens with zero attached hydrogens (tertiary/aromatic N) is 5. The normalized spacial score (nSPS) is 11.0. The number of hydrogen-bond donors (Lipinski definition) is 0. The third-order valence-corrected chi connectivity index (χ3v) is 4.95. The second kappa shape index (κ2) is 6.81. The lowest BCUT2D eigenvalue weighted by Crippen LogP contribution is -1.97. The monoisotopic (exact) mass is 431 g/mol. The van der Waals surface area contributed by atoms with Gasteiger partial charge in [-0.3, -0.25) is 10.1 Å². The fourth-order valence-corrected chi connectivity index (χ4v) is 3.31. The van der Waals surface area contributed by atoms with Gasteiger partial charge in [0, 0.05) is 22.2 Å². The number of halogens is 1. The second-order valence-electron chi connectivity index (χ2n) is 5.26. The molecule has 0 unspecified atom stereocenters. The minimum Gasteiger partial charge on any atom is -0.486 e. The van der Waals surface area contributed by atoms with Crippen LogP contribution in [0.1, 0.15) is 5.01 Å². The van der Waals surface area contributed by atoms with Crippen molar-refractivity contribution in [1.82, 2.24) is 19.8 Å². The number of non-ortho nitro benzene ring substituents is 1. The van der Waals surface area contributed by atoms with Crippen molar-refractivity contribution >= 4 is 37.9 Å². The molecule has 4 aromatic rings. The van der Waals surface area contributed by atoms with Gasteiger partial charge >= 0.3 is 0 Å². The van der Waals surface area contributed by atoms with Crippen LogP contribution in [-0.4, -0.2) is 24.7 Å². The van der Waals surface area contributed by atoms with Gasteiger partial charge in [0.05, 0.1) is 4.92 Å². The minimum atomic E-state index is -0.448. The molecule has 0 bridgehead atoms. The maximum absolute atomic E-state index is 10.7. The Morgan fingerprint density at radius 2 is 1.85 bits per heavy atom. The highest BCUT2D eigenvalue weighted by Crippen LogP contribution is 2.24. The molecule has 0 N–H and O–H groups in total. The van der Waals surface area contributed by atoms with Gasteiger partial charge in [0.1, 0.15) is 12.4 Å².